The van der Waals surface area contributed by atoms with Crippen molar-refractivity contribution in [3.8, 4) is 0 Å². The molecule has 0 saturated carbocycles. The molecular weight excluding hydrogens is 266 g/mol. The lowest BCUT2D eigenvalue weighted by molar-refractivity contribution is -0.136. The van der Waals surface area contributed by atoms with Gasteiger partial charge in [0.05, 0.1) is 11.8 Å². The SMILES string of the molecule is CCSCCCNC(=O)c1c(C)coc1CC(=O)O. The summed E-state index contributed by atoms with van der Waals surface area (Å²) in [5.74, 6) is 1.01. The standard InChI is InChI=1S/C13H19NO4S/c1-3-19-6-4-5-14-13(17)12-9(2)8-18-10(12)7-11(15)16/h8H,3-7H2,1-2H3,(H,14,17)(H,15,16). The van der Waals surface area contributed by atoms with Crippen molar-refractivity contribution in [2.45, 2.75) is 26.7 Å². The lowest BCUT2D eigenvalue weighted by Gasteiger charge is -2.05. The Labute approximate surface area is 116 Å². The maximum absolute atomic E-state index is 12.0. The number of carboxylic acid groups (broad SMARTS) is 1. The average Bonchev–Trinajstić information content (AvgIpc) is 2.69. The van der Waals surface area contributed by atoms with Crippen LogP contribution in [0.1, 0.15) is 35.0 Å². The van der Waals surface area contributed by atoms with Gasteiger partial charge in [0.2, 0.25) is 0 Å². The lowest BCUT2D eigenvalue weighted by atomic mass is 10.1. The van der Waals surface area contributed by atoms with Crippen LogP contribution in [0.3, 0.4) is 0 Å². The third kappa shape index (κ3) is 4.98. The van der Waals surface area contributed by atoms with Gasteiger partial charge in [-0.3, -0.25) is 9.59 Å². The van der Waals surface area contributed by atoms with E-state index < -0.39 is 5.97 Å². The van der Waals surface area contributed by atoms with Crippen molar-refractivity contribution in [2.75, 3.05) is 18.1 Å². The van der Waals surface area contributed by atoms with Crippen LogP contribution in [0.5, 0.6) is 0 Å². The van der Waals surface area contributed by atoms with Crippen LogP contribution in [0.25, 0.3) is 0 Å². The molecule has 0 atom stereocenters. The van der Waals surface area contributed by atoms with Crippen molar-refractivity contribution in [1.82, 2.24) is 5.32 Å². The third-order valence-corrected chi connectivity index (χ3v) is 3.53. The topological polar surface area (TPSA) is 79.5 Å². The number of carboxylic acids is 1. The number of nitrogens with one attached hydrogen (secondary N) is 1. The third-order valence-electron chi connectivity index (χ3n) is 2.55. The zero-order valence-electron chi connectivity index (χ0n) is 11.2. The number of aliphatic carboxylic acids is 1. The molecule has 0 aliphatic heterocycles. The van der Waals surface area contributed by atoms with Crippen molar-refractivity contribution < 1.29 is 19.1 Å². The summed E-state index contributed by atoms with van der Waals surface area (Å²) in [7, 11) is 0. The molecule has 0 aliphatic carbocycles. The van der Waals surface area contributed by atoms with Gasteiger partial charge in [-0.25, -0.2) is 0 Å². The highest BCUT2D eigenvalue weighted by atomic mass is 32.2. The number of carbonyl (C=O) groups is 2. The molecule has 19 heavy (non-hydrogen) atoms. The normalized spacial score (nSPS) is 10.4. The molecule has 0 radical (unpaired) electrons. The van der Waals surface area contributed by atoms with Crippen LogP contribution < -0.4 is 5.32 Å². The minimum Gasteiger partial charge on any atom is -0.481 e. The van der Waals surface area contributed by atoms with Crippen molar-refractivity contribution in [3.63, 3.8) is 0 Å². The number of carbonyl (C=O) groups excluding carboxylic acids is 1. The van der Waals surface area contributed by atoms with Gasteiger partial charge in [0.1, 0.15) is 12.2 Å². The van der Waals surface area contributed by atoms with Gasteiger partial charge in [-0.1, -0.05) is 6.92 Å². The fourth-order valence-corrected chi connectivity index (χ4v) is 2.32. The maximum Gasteiger partial charge on any atom is 0.311 e. The van der Waals surface area contributed by atoms with Crippen molar-refractivity contribution in [1.29, 1.82) is 0 Å². The molecule has 0 aliphatic rings. The molecule has 1 aromatic rings. The molecule has 1 amide bonds. The Morgan fingerprint density at radius 3 is 2.84 bits per heavy atom. The first kappa shape index (κ1) is 15.6. The number of hydrogen-bond donors (Lipinski definition) is 2. The predicted molar refractivity (Wildman–Crippen MR) is 74.7 cm³/mol. The maximum atomic E-state index is 12.0. The second-order valence-electron chi connectivity index (χ2n) is 4.09. The van der Waals surface area contributed by atoms with E-state index in [0.29, 0.717) is 17.7 Å². The Kier molecular flexibility index (Phi) is 6.49. The zero-order chi connectivity index (χ0) is 14.3. The molecule has 0 spiro atoms. The molecule has 1 aromatic heterocycles. The Morgan fingerprint density at radius 1 is 1.47 bits per heavy atom. The molecule has 0 saturated heterocycles. The predicted octanol–water partition coefficient (Wildman–Crippen LogP) is 2.09. The highest BCUT2D eigenvalue weighted by molar-refractivity contribution is 7.99. The summed E-state index contributed by atoms with van der Waals surface area (Å²) in [4.78, 5) is 22.7. The highest BCUT2D eigenvalue weighted by Crippen LogP contribution is 2.17. The average molecular weight is 285 g/mol. The number of amides is 1. The van der Waals surface area contributed by atoms with E-state index in [1.54, 1.807) is 6.92 Å². The van der Waals surface area contributed by atoms with E-state index in [4.69, 9.17) is 9.52 Å². The number of furan rings is 1. The fourth-order valence-electron chi connectivity index (χ4n) is 1.68. The monoisotopic (exact) mass is 285 g/mol. The number of rotatable bonds is 8. The quantitative estimate of drug-likeness (QED) is 0.715. The Morgan fingerprint density at radius 2 is 2.21 bits per heavy atom. The van der Waals surface area contributed by atoms with Gasteiger partial charge in [0.25, 0.3) is 5.91 Å². The van der Waals surface area contributed by atoms with Gasteiger partial charge < -0.3 is 14.8 Å². The van der Waals surface area contributed by atoms with Crippen molar-refractivity contribution >= 4 is 23.6 Å². The summed E-state index contributed by atoms with van der Waals surface area (Å²) in [6.45, 7) is 4.41. The molecule has 2 N–H and O–H groups in total. The minimum absolute atomic E-state index is 0.213. The largest absolute Gasteiger partial charge is 0.481 e. The van der Waals surface area contributed by atoms with E-state index in [1.807, 2.05) is 11.8 Å². The summed E-state index contributed by atoms with van der Waals surface area (Å²) >= 11 is 1.82. The minimum atomic E-state index is -1.01. The smallest absolute Gasteiger partial charge is 0.311 e. The molecular formula is C13H19NO4S. The van der Waals surface area contributed by atoms with Gasteiger partial charge in [0.15, 0.2) is 0 Å². The molecule has 106 valence electrons. The van der Waals surface area contributed by atoms with Gasteiger partial charge in [0, 0.05) is 12.1 Å². The molecule has 0 bridgehead atoms. The van der Waals surface area contributed by atoms with E-state index >= 15 is 0 Å². The first-order valence-corrected chi connectivity index (χ1v) is 7.36. The van der Waals surface area contributed by atoms with E-state index in [0.717, 1.165) is 17.9 Å². The van der Waals surface area contributed by atoms with Crippen molar-refractivity contribution in [3.05, 3.63) is 23.2 Å². The van der Waals surface area contributed by atoms with E-state index in [-0.39, 0.29) is 18.1 Å². The summed E-state index contributed by atoms with van der Waals surface area (Å²) < 4.78 is 5.13. The molecule has 5 nitrogen and oxygen atoms in total. The molecule has 0 unspecified atom stereocenters. The van der Waals surface area contributed by atoms with Gasteiger partial charge in [-0.05, 0) is 24.9 Å². The molecule has 6 heteroatoms. The van der Waals surface area contributed by atoms with Crippen LogP contribution in [-0.2, 0) is 11.2 Å². The van der Waals surface area contributed by atoms with E-state index in [9.17, 15) is 9.59 Å². The lowest BCUT2D eigenvalue weighted by Crippen LogP contribution is -2.26. The van der Waals surface area contributed by atoms with Gasteiger partial charge in [-0.15, -0.1) is 0 Å². The summed E-state index contributed by atoms with van der Waals surface area (Å²) in [5.41, 5.74) is 1.02. The van der Waals surface area contributed by atoms with Crippen LogP contribution in [-0.4, -0.2) is 35.0 Å². The highest BCUT2D eigenvalue weighted by Gasteiger charge is 2.19. The first-order valence-electron chi connectivity index (χ1n) is 6.21. The Hall–Kier alpha value is -1.43. The fraction of sp³-hybridized carbons (Fsp3) is 0.538. The van der Waals surface area contributed by atoms with Crippen LogP contribution in [0, 0.1) is 6.92 Å². The first-order chi connectivity index (χ1) is 9.06. The van der Waals surface area contributed by atoms with Crippen LogP contribution in [0.4, 0.5) is 0 Å². The molecule has 1 heterocycles. The second-order valence-corrected chi connectivity index (χ2v) is 5.49. The number of hydrogen-bond acceptors (Lipinski definition) is 4. The van der Waals surface area contributed by atoms with Crippen molar-refractivity contribution in [2.24, 2.45) is 0 Å². The van der Waals surface area contributed by atoms with Crippen LogP contribution in [0.15, 0.2) is 10.7 Å². The number of aryl methyl sites for hydroxylation is 1. The molecule has 0 fully saturated rings. The Balaban J connectivity index is 2.56. The van der Waals surface area contributed by atoms with E-state index in [1.165, 1.54) is 6.26 Å². The second kappa shape index (κ2) is 7.89. The van der Waals surface area contributed by atoms with Gasteiger partial charge in [-0.2, -0.15) is 11.8 Å². The van der Waals surface area contributed by atoms with Gasteiger partial charge >= 0.3 is 5.97 Å². The Bertz CT molecular complexity index is 442. The summed E-state index contributed by atoms with van der Waals surface area (Å²) in [5, 5.41) is 11.6. The van der Waals surface area contributed by atoms with Crippen LogP contribution in [0.2, 0.25) is 0 Å². The summed E-state index contributed by atoms with van der Waals surface area (Å²) in [6.07, 6.45) is 2.04. The van der Waals surface area contributed by atoms with Crippen LogP contribution >= 0.6 is 11.8 Å². The molecule has 1 rings (SSSR count). The zero-order valence-corrected chi connectivity index (χ0v) is 12.0. The molecule has 0 aromatic carbocycles. The van der Waals surface area contributed by atoms with E-state index in [2.05, 4.69) is 12.2 Å². The summed E-state index contributed by atoms with van der Waals surface area (Å²) in [6, 6.07) is 0. The number of thioether (sulfide) groups is 1.